The molecule has 0 aromatic heterocycles. The highest BCUT2D eigenvalue weighted by molar-refractivity contribution is 7.89. The fourth-order valence-corrected chi connectivity index (χ4v) is 3.46. The number of hydrogen-bond donors (Lipinski definition) is 2. The molecule has 0 spiro atoms. The van der Waals surface area contributed by atoms with Gasteiger partial charge in [-0.1, -0.05) is 0 Å². The van der Waals surface area contributed by atoms with E-state index >= 15 is 0 Å². The van der Waals surface area contributed by atoms with Crippen LogP contribution in [0.3, 0.4) is 0 Å². The van der Waals surface area contributed by atoms with Gasteiger partial charge in [0.25, 0.3) is 0 Å². The van der Waals surface area contributed by atoms with Crippen LogP contribution in [0.2, 0.25) is 0 Å². The summed E-state index contributed by atoms with van der Waals surface area (Å²) in [5.41, 5.74) is 0.373. The quantitative estimate of drug-likeness (QED) is 0.710. The van der Waals surface area contributed by atoms with Gasteiger partial charge in [0.1, 0.15) is 17.2 Å². The van der Waals surface area contributed by atoms with E-state index in [1.54, 1.807) is 18.2 Å². The van der Waals surface area contributed by atoms with Gasteiger partial charge in [0.15, 0.2) is 0 Å². The minimum absolute atomic E-state index is 0.0295. The van der Waals surface area contributed by atoms with E-state index in [2.05, 4.69) is 10.0 Å². The van der Waals surface area contributed by atoms with Gasteiger partial charge in [-0.3, -0.25) is 4.79 Å². The first-order valence-corrected chi connectivity index (χ1v) is 9.48. The number of nitrogens with one attached hydrogen (secondary N) is 2. The van der Waals surface area contributed by atoms with E-state index in [0.717, 1.165) is 0 Å². The van der Waals surface area contributed by atoms with Gasteiger partial charge in [-0.2, -0.15) is 4.72 Å². The largest absolute Gasteiger partial charge is 0.497 e. The third-order valence-electron chi connectivity index (χ3n) is 3.76. The van der Waals surface area contributed by atoms with Crippen molar-refractivity contribution in [1.82, 2.24) is 4.72 Å². The molecule has 27 heavy (non-hydrogen) atoms. The SMILES string of the molecule is COc1ccc(S(=O)(=O)N[C@H](C)C(=O)Nc2cc(OC)ccc2OC)cc1. The molecule has 9 heteroatoms. The second-order valence-electron chi connectivity index (χ2n) is 5.57. The predicted octanol–water partition coefficient (Wildman–Crippen LogP) is 2.02. The van der Waals surface area contributed by atoms with Gasteiger partial charge in [-0.25, -0.2) is 8.42 Å². The number of sulfonamides is 1. The highest BCUT2D eigenvalue weighted by atomic mass is 32.2. The molecule has 2 aromatic rings. The third kappa shape index (κ3) is 5.11. The maximum atomic E-state index is 12.4. The summed E-state index contributed by atoms with van der Waals surface area (Å²) in [5, 5.41) is 2.64. The number of amides is 1. The summed E-state index contributed by atoms with van der Waals surface area (Å²) < 4.78 is 42.6. The van der Waals surface area contributed by atoms with Crippen molar-refractivity contribution in [2.24, 2.45) is 0 Å². The zero-order valence-corrected chi connectivity index (χ0v) is 16.3. The number of ether oxygens (including phenoxy) is 3. The van der Waals surface area contributed by atoms with Crippen molar-refractivity contribution in [2.75, 3.05) is 26.6 Å². The van der Waals surface area contributed by atoms with Crippen LogP contribution < -0.4 is 24.2 Å². The van der Waals surface area contributed by atoms with Crippen LogP contribution >= 0.6 is 0 Å². The van der Waals surface area contributed by atoms with E-state index in [0.29, 0.717) is 22.9 Å². The lowest BCUT2D eigenvalue weighted by Gasteiger charge is -2.16. The highest BCUT2D eigenvalue weighted by Crippen LogP contribution is 2.29. The van der Waals surface area contributed by atoms with Crippen LogP contribution in [0.15, 0.2) is 47.4 Å². The van der Waals surface area contributed by atoms with Crippen molar-refractivity contribution in [3.8, 4) is 17.2 Å². The third-order valence-corrected chi connectivity index (χ3v) is 5.32. The molecule has 146 valence electrons. The van der Waals surface area contributed by atoms with Crippen molar-refractivity contribution in [3.05, 3.63) is 42.5 Å². The molecule has 0 bridgehead atoms. The lowest BCUT2D eigenvalue weighted by molar-refractivity contribution is -0.117. The summed E-state index contributed by atoms with van der Waals surface area (Å²) >= 11 is 0. The number of benzene rings is 2. The Labute approximate surface area is 158 Å². The lowest BCUT2D eigenvalue weighted by Crippen LogP contribution is -2.41. The van der Waals surface area contributed by atoms with Gasteiger partial charge in [-0.05, 0) is 43.3 Å². The first kappa shape index (κ1) is 20.5. The van der Waals surface area contributed by atoms with Crippen molar-refractivity contribution in [2.45, 2.75) is 17.9 Å². The van der Waals surface area contributed by atoms with E-state index in [1.807, 2.05) is 0 Å². The molecule has 2 rings (SSSR count). The number of rotatable bonds is 8. The van der Waals surface area contributed by atoms with Crippen molar-refractivity contribution >= 4 is 21.6 Å². The van der Waals surface area contributed by atoms with E-state index in [-0.39, 0.29) is 4.90 Å². The van der Waals surface area contributed by atoms with Gasteiger partial charge in [0.05, 0.1) is 38.0 Å². The maximum Gasteiger partial charge on any atom is 0.242 e. The Morgan fingerprint density at radius 3 is 2.07 bits per heavy atom. The molecule has 0 aliphatic rings. The van der Waals surface area contributed by atoms with Crippen LogP contribution in [0.25, 0.3) is 0 Å². The number of hydrogen-bond acceptors (Lipinski definition) is 6. The first-order valence-electron chi connectivity index (χ1n) is 8.00. The van der Waals surface area contributed by atoms with E-state index in [4.69, 9.17) is 14.2 Å². The Bertz CT molecular complexity index is 897. The maximum absolute atomic E-state index is 12.4. The fourth-order valence-electron chi connectivity index (χ4n) is 2.26. The summed E-state index contributed by atoms with van der Waals surface area (Å²) in [5.74, 6) is 0.940. The molecule has 0 fully saturated rings. The molecule has 0 aliphatic carbocycles. The summed E-state index contributed by atoms with van der Waals surface area (Å²) in [6.07, 6.45) is 0. The van der Waals surface area contributed by atoms with Crippen LogP contribution in [0.5, 0.6) is 17.2 Å². The summed E-state index contributed by atoms with van der Waals surface area (Å²) in [4.78, 5) is 12.5. The van der Waals surface area contributed by atoms with E-state index in [9.17, 15) is 13.2 Å². The van der Waals surface area contributed by atoms with Crippen molar-refractivity contribution in [1.29, 1.82) is 0 Å². The molecule has 2 N–H and O–H groups in total. The predicted molar refractivity (Wildman–Crippen MR) is 101 cm³/mol. The number of carbonyl (C=O) groups is 1. The molecule has 8 nitrogen and oxygen atoms in total. The molecule has 0 saturated carbocycles. The second kappa shape index (κ2) is 8.74. The van der Waals surface area contributed by atoms with E-state index in [1.165, 1.54) is 52.5 Å². The fraction of sp³-hybridized carbons (Fsp3) is 0.278. The molecule has 0 radical (unpaired) electrons. The topological polar surface area (TPSA) is 103 Å². The molecule has 1 amide bonds. The molecule has 0 aliphatic heterocycles. The number of carbonyl (C=O) groups excluding carboxylic acids is 1. The Balaban J connectivity index is 2.13. The lowest BCUT2D eigenvalue weighted by atomic mass is 10.2. The zero-order valence-electron chi connectivity index (χ0n) is 15.5. The van der Waals surface area contributed by atoms with Gasteiger partial charge < -0.3 is 19.5 Å². The normalized spacial score (nSPS) is 12.1. The second-order valence-corrected chi connectivity index (χ2v) is 7.29. The minimum Gasteiger partial charge on any atom is -0.497 e. The Morgan fingerprint density at radius 1 is 0.926 bits per heavy atom. The summed E-state index contributed by atoms with van der Waals surface area (Å²) in [7, 11) is 0.579. The standard InChI is InChI=1S/C18H22N2O6S/c1-12(20-27(22,23)15-8-5-13(24-2)6-9-15)18(21)19-16-11-14(25-3)7-10-17(16)26-4/h5-12,20H,1-4H3,(H,19,21)/t12-/m1/s1. The zero-order chi connectivity index (χ0) is 20.0. The van der Waals surface area contributed by atoms with Crippen LogP contribution in [-0.4, -0.2) is 41.7 Å². The smallest absolute Gasteiger partial charge is 0.242 e. The van der Waals surface area contributed by atoms with Crippen LogP contribution in [0, 0.1) is 0 Å². The highest BCUT2D eigenvalue weighted by Gasteiger charge is 2.23. The average molecular weight is 394 g/mol. The van der Waals surface area contributed by atoms with E-state index < -0.39 is 22.0 Å². The summed E-state index contributed by atoms with van der Waals surface area (Å²) in [6, 6.07) is 9.74. The number of anilines is 1. The van der Waals surface area contributed by atoms with Crippen LogP contribution in [-0.2, 0) is 14.8 Å². The molecule has 1 atom stereocenters. The molecular weight excluding hydrogens is 372 g/mol. The van der Waals surface area contributed by atoms with Crippen molar-refractivity contribution in [3.63, 3.8) is 0 Å². The Hall–Kier alpha value is -2.78. The van der Waals surface area contributed by atoms with Crippen molar-refractivity contribution < 1.29 is 27.4 Å². The first-order chi connectivity index (χ1) is 12.8. The molecule has 0 heterocycles. The summed E-state index contributed by atoms with van der Waals surface area (Å²) in [6.45, 7) is 1.45. The van der Waals surface area contributed by atoms with Gasteiger partial charge in [0.2, 0.25) is 15.9 Å². The molecule has 2 aromatic carbocycles. The molecular formula is C18H22N2O6S. The van der Waals surface area contributed by atoms with Gasteiger partial charge in [-0.15, -0.1) is 0 Å². The molecule has 0 saturated heterocycles. The molecule has 0 unspecified atom stereocenters. The number of methoxy groups -OCH3 is 3. The minimum atomic E-state index is -3.87. The van der Waals surface area contributed by atoms with Crippen LogP contribution in [0.1, 0.15) is 6.92 Å². The average Bonchev–Trinajstić information content (AvgIpc) is 2.67. The Kier molecular flexibility index (Phi) is 6.65. The Morgan fingerprint density at radius 2 is 1.52 bits per heavy atom. The monoisotopic (exact) mass is 394 g/mol. The van der Waals surface area contributed by atoms with Gasteiger partial charge >= 0.3 is 0 Å². The van der Waals surface area contributed by atoms with Crippen LogP contribution in [0.4, 0.5) is 5.69 Å². The van der Waals surface area contributed by atoms with Gasteiger partial charge in [0, 0.05) is 6.07 Å².